The Hall–Kier alpha value is -2.03. The highest BCUT2D eigenvalue weighted by Crippen LogP contribution is 2.20. The number of amides is 1. The molecular weight excluding hydrogens is 357 g/mol. The summed E-state index contributed by atoms with van der Waals surface area (Å²) in [7, 11) is 1.42. The molecule has 0 unspecified atom stereocenters. The summed E-state index contributed by atoms with van der Waals surface area (Å²) in [4.78, 5) is 18.8. The SMILES string of the molecule is COc1ccc(CCC(=O)Nc2nc(CN3CCOCC3)cs2)cc1F. The van der Waals surface area contributed by atoms with Crippen molar-refractivity contribution >= 4 is 22.4 Å². The molecule has 1 aliphatic rings. The molecule has 0 radical (unpaired) electrons. The summed E-state index contributed by atoms with van der Waals surface area (Å²) < 4.78 is 23.9. The zero-order chi connectivity index (χ0) is 18.4. The van der Waals surface area contributed by atoms with Gasteiger partial charge in [0.1, 0.15) is 0 Å². The fourth-order valence-corrected chi connectivity index (χ4v) is 3.45. The number of thiazole rings is 1. The van der Waals surface area contributed by atoms with Crippen LogP contribution in [-0.2, 0) is 22.5 Å². The number of hydrogen-bond donors (Lipinski definition) is 1. The number of aryl methyl sites for hydroxylation is 1. The maximum atomic E-state index is 13.7. The van der Waals surface area contributed by atoms with E-state index in [1.807, 2.05) is 5.38 Å². The monoisotopic (exact) mass is 379 g/mol. The number of rotatable bonds is 7. The average molecular weight is 379 g/mol. The topological polar surface area (TPSA) is 63.7 Å². The van der Waals surface area contributed by atoms with Crippen LogP contribution in [-0.4, -0.2) is 49.2 Å². The van der Waals surface area contributed by atoms with Crippen molar-refractivity contribution in [1.82, 2.24) is 9.88 Å². The first-order chi connectivity index (χ1) is 12.6. The first kappa shape index (κ1) is 18.8. The summed E-state index contributed by atoms with van der Waals surface area (Å²) in [6.45, 7) is 4.06. The number of anilines is 1. The zero-order valence-electron chi connectivity index (χ0n) is 14.7. The molecule has 2 aromatic rings. The predicted molar refractivity (Wildman–Crippen MR) is 98.1 cm³/mol. The van der Waals surface area contributed by atoms with Crippen LogP contribution in [0.1, 0.15) is 17.7 Å². The van der Waals surface area contributed by atoms with Crippen LogP contribution in [0.2, 0.25) is 0 Å². The maximum Gasteiger partial charge on any atom is 0.226 e. The summed E-state index contributed by atoms with van der Waals surface area (Å²) in [5.41, 5.74) is 1.70. The Labute approximate surface area is 155 Å². The van der Waals surface area contributed by atoms with Crippen molar-refractivity contribution in [3.05, 3.63) is 40.7 Å². The molecule has 0 saturated carbocycles. The predicted octanol–water partition coefficient (Wildman–Crippen LogP) is 2.69. The molecule has 1 saturated heterocycles. The number of morpholine rings is 1. The number of carbonyl (C=O) groups is 1. The van der Waals surface area contributed by atoms with E-state index in [2.05, 4.69) is 15.2 Å². The van der Waals surface area contributed by atoms with E-state index in [1.165, 1.54) is 24.5 Å². The van der Waals surface area contributed by atoms with E-state index < -0.39 is 5.82 Å². The fourth-order valence-electron chi connectivity index (χ4n) is 2.73. The first-order valence-corrected chi connectivity index (χ1v) is 9.39. The summed E-state index contributed by atoms with van der Waals surface area (Å²) in [6, 6.07) is 4.73. The average Bonchev–Trinajstić information content (AvgIpc) is 3.07. The first-order valence-electron chi connectivity index (χ1n) is 8.51. The van der Waals surface area contributed by atoms with Crippen molar-refractivity contribution in [2.24, 2.45) is 0 Å². The lowest BCUT2D eigenvalue weighted by atomic mass is 10.1. The van der Waals surface area contributed by atoms with Gasteiger partial charge in [0.15, 0.2) is 16.7 Å². The minimum Gasteiger partial charge on any atom is -0.494 e. The van der Waals surface area contributed by atoms with Crippen LogP contribution in [0, 0.1) is 5.82 Å². The van der Waals surface area contributed by atoms with Crippen molar-refractivity contribution in [2.45, 2.75) is 19.4 Å². The van der Waals surface area contributed by atoms with Gasteiger partial charge in [-0.3, -0.25) is 9.69 Å². The molecule has 0 atom stereocenters. The van der Waals surface area contributed by atoms with Gasteiger partial charge < -0.3 is 14.8 Å². The van der Waals surface area contributed by atoms with Crippen molar-refractivity contribution in [3.63, 3.8) is 0 Å². The molecule has 0 spiro atoms. The smallest absolute Gasteiger partial charge is 0.226 e. The van der Waals surface area contributed by atoms with Gasteiger partial charge >= 0.3 is 0 Å². The Balaban J connectivity index is 1.46. The van der Waals surface area contributed by atoms with Crippen LogP contribution in [0.4, 0.5) is 9.52 Å². The number of carbonyl (C=O) groups excluding carboxylic acids is 1. The van der Waals surface area contributed by atoms with Crippen molar-refractivity contribution < 1.29 is 18.7 Å². The van der Waals surface area contributed by atoms with Gasteiger partial charge in [-0.2, -0.15) is 0 Å². The molecule has 26 heavy (non-hydrogen) atoms. The second-order valence-electron chi connectivity index (χ2n) is 6.05. The van der Waals surface area contributed by atoms with Gasteiger partial charge in [-0.1, -0.05) is 6.07 Å². The van der Waals surface area contributed by atoms with Crippen LogP contribution in [0.3, 0.4) is 0 Å². The normalized spacial score (nSPS) is 15.0. The fraction of sp³-hybridized carbons (Fsp3) is 0.444. The van der Waals surface area contributed by atoms with Crippen LogP contribution in [0.25, 0.3) is 0 Å². The molecule has 1 N–H and O–H groups in total. The summed E-state index contributed by atoms with van der Waals surface area (Å²) in [5.74, 6) is -0.347. The van der Waals surface area contributed by atoms with Gasteiger partial charge in [0.25, 0.3) is 0 Å². The third kappa shape index (κ3) is 5.23. The van der Waals surface area contributed by atoms with Crippen LogP contribution in [0.5, 0.6) is 5.75 Å². The zero-order valence-corrected chi connectivity index (χ0v) is 15.5. The van der Waals surface area contributed by atoms with E-state index in [1.54, 1.807) is 12.1 Å². The second kappa shape index (κ2) is 9.07. The van der Waals surface area contributed by atoms with E-state index in [0.29, 0.717) is 11.6 Å². The van der Waals surface area contributed by atoms with Gasteiger partial charge in [-0.25, -0.2) is 9.37 Å². The second-order valence-corrected chi connectivity index (χ2v) is 6.91. The quantitative estimate of drug-likeness (QED) is 0.801. The Morgan fingerprint density at radius 1 is 1.42 bits per heavy atom. The molecule has 8 heteroatoms. The molecule has 1 amide bonds. The van der Waals surface area contributed by atoms with Gasteiger partial charge in [0.2, 0.25) is 5.91 Å². The number of nitrogens with zero attached hydrogens (tertiary/aromatic N) is 2. The lowest BCUT2D eigenvalue weighted by Gasteiger charge is -2.25. The molecule has 1 aromatic heterocycles. The van der Waals surface area contributed by atoms with E-state index in [0.717, 1.165) is 44.1 Å². The number of aromatic nitrogens is 1. The molecule has 1 aliphatic heterocycles. The minimum atomic E-state index is -0.418. The molecule has 2 heterocycles. The number of hydrogen-bond acceptors (Lipinski definition) is 6. The van der Waals surface area contributed by atoms with Crippen LogP contribution >= 0.6 is 11.3 Å². The molecular formula is C18H22FN3O3S. The Bertz CT molecular complexity index is 747. The molecule has 6 nitrogen and oxygen atoms in total. The highest BCUT2D eigenvalue weighted by molar-refractivity contribution is 7.13. The van der Waals surface area contributed by atoms with E-state index in [9.17, 15) is 9.18 Å². The lowest BCUT2D eigenvalue weighted by molar-refractivity contribution is -0.116. The molecule has 1 fully saturated rings. The van der Waals surface area contributed by atoms with Crippen molar-refractivity contribution in [2.75, 3.05) is 38.7 Å². The Morgan fingerprint density at radius 2 is 2.23 bits per heavy atom. The maximum absolute atomic E-state index is 13.7. The molecule has 1 aromatic carbocycles. The molecule has 0 bridgehead atoms. The largest absolute Gasteiger partial charge is 0.494 e. The van der Waals surface area contributed by atoms with E-state index in [-0.39, 0.29) is 18.1 Å². The van der Waals surface area contributed by atoms with Gasteiger partial charge in [-0.15, -0.1) is 11.3 Å². The van der Waals surface area contributed by atoms with Crippen LogP contribution < -0.4 is 10.1 Å². The Morgan fingerprint density at radius 3 is 2.96 bits per heavy atom. The number of nitrogens with one attached hydrogen (secondary N) is 1. The standard InChI is InChI=1S/C18H22FN3O3S/c1-24-16-4-2-13(10-15(16)19)3-5-17(23)21-18-20-14(12-26-18)11-22-6-8-25-9-7-22/h2,4,10,12H,3,5-9,11H2,1H3,(H,20,21,23). The number of methoxy groups -OCH3 is 1. The lowest BCUT2D eigenvalue weighted by Crippen LogP contribution is -2.35. The Kier molecular flexibility index (Phi) is 6.54. The summed E-state index contributed by atoms with van der Waals surface area (Å²) >= 11 is 1.42. The van der Waals surface area contributed by atoms with Gasteiger partial charge in [-0.05, 0) is 24.1 Å². The third-order valence-electron chi connectivity index (χ3n) is 4.14. The van der Waals surface area contributed by atoms with Crippen molar-refractivity contribution in [1.29, 1.82) is 0 Å². The number of benzene rings is 1. The minimum absolute atomic E-state index is 0.131. The highest BCUT2D eigenvalue weighted by atomic mass is 32.1. The molecule has 140 valence electrons. The molecule has 0 aliphatic carbocycles. The highest BCUT2D eigenvalue weighted by Gasteiger charge is 2.13. The van der Waals surface area contributed by atoms with Gasteiger partial charge in [0.05, 0.1) is 26.0 Å². The van der Waals surface area contributed by atoms with Gasteiger partial charge in [0, 0.05) is 31.4 Å². The van der Waals surface area contributed by atoms with E-state index >= 15 is 0 Å². The summed E-state index contributed by atoms with van der Waals surface area (Å²) in [6.07, 6.45) is 0.725. The van der Waals surface area contributed by atoms with Crippen LogP contribution in [0.15, 0.2) is 23.6 Å². The van der Waals surface area contributed by atoms with E-state index in [4.69, 9.17) is 9.47 Å². The van der Waals surface area contributed by atoms with Crippen molar-refractivity contribution in [3.8, 4) is 5.75 Å². The number of halogens is 1. The summed E-state index contributed by atoms with van der Waals surface area (Å²) in [5, 5.41) is 5.37. The third-order valence-corrected chi connectivity index (χ3v) is 4.95. The number of ether oxygens (including phenoxy) is 2. The molecule has 3 rings (SSSR count).